The third kappa shape index (κ3) is 2.08. The van der Waals surface area contributed by atoms with Gasteiger partial charge in [0, 0.05) is 0 Å². The van der Waals surface area contributed by atoms with Crippen molar-refractivity contribution >= 4 is 0 Å². The summed E-state index contributed by atoms with van der Waals surface area (Å²) in [5, 5.41) is 0. The fraction of sp³-hybridized carbons (Fsp3) is 0.400. The first-order chi connectivity index (χ1) is 4.58. The summed E-state index contributed by atoms with van der Waals surface area (Å²) in [6.07, 6.45) is -3.03. The minimum Gasteiger partial charge on any atom is -0.449 e. The highest BCUT2D eigenvalue weighted by molar-refractivity contribution is 4.82. The molecule has 0 spiro atoms. The zero-order valence-corrected chi connectivity index (χ0v) is 4.85. The minimum absolute atomic E-state index is 0.299. The lowest BCUT2D eigenvalue weighted by Gasteiger charge is -2.00. The van der Waals surface area contributed by atoms with E-state index in [4.69, 9.17) is 0 Å². The van der Waals surface area contributed by atoms with Crippen molar-refractivity contribution in [3.8, 4) is 0 Å². The highest BCUT2D eigenvalue weighted by Crippen LogP contribution is 2.19. The van der Waals surface area contributed by atoms with E-state index in [1.54, 1.807) is 0 Å². The van der Waals surface area contributed by atoms with Gasteiger partial charge in [-0.2, -0.15) is 13.2 Å². The summed E-state index contributed by atoms with van der Waals surface area (Å²) in [6.45, 7) is 0. The van der Waals surface area contributed by atoms with Crippen LogP contribution >= 0.6 is 0 Å². The van der Waals surface area contributed by atoms with Crippen molar-refractivity contribution in [1.82, 2.24) is 4.98 Å². The Morgan fingerprint density at radius 3 is 2.60 bits per heavy atom. The number of alkyl halides is 3. The molecule has 0 aromatic carbocycles. The Morgan fingerprint density at radius 2 is 2.20 bits per heavy atom. The van der Waals surface area contributed by atoms with Gasteiger partial charge in [0.25, 0.3) is 0 Å². The van der Waals surface area contributed by atoms with Crippen LogP contribution in [-0.4, -0.2) is 11.2 Å². The highest BCUT2D eigenvalue weighted by Gasteiger charge is 2.29. The first-order valence-corrected chi connectivity index (χ1v) is 2.53. The molecule has 0 saturated carbocycles. The number of hydrogen-bond donors (Lipinski definition) is 0. The highest BCUT2D eigenvalue weighted by atomic mass is 19.4. The van der Waals surface area contributed by atoms with E-state index < -0.39 is 12.6 Å². The maximum atomic E-state index is 11.5. The molecular weight excluding hydrogens is 147 g/mol. The Hall–Kier alpha value is -1.00. The second-order valence-corrected chi connectivity index (χ2v) is 1.72. The summed E-state index contributed by atoms with van der Waals surface area (Å²) in [5.74, 6) is -0.299. The lowest BCUT2D eigenvalue weighted by Crippen LogP contribution is -2.11. The van der Waals surface area contributed by atoms with Crippen LogP contribution in [0.3, 0.4) is 0 Å². The zero-order valence-electron chi connectivity index (χ0n) is 4.85. The first kappa shape index (κ1) is 7.11. The van der Waals surface area contributed by atoms with E-state index in [1.807, 2.05) is 0 Å². The van der Waals surface area contributed by atoms with Crippen molar-refractivity contribution in [3.63, 3.8) is 0 Å². The predicted octanol–water partition coefficient (Wildman–Crippen LogP) is 1.78. The van der Waals surface area contributed by atoms with Crippen LogP contribution in [0.2, 0.25) is 0 Å². The molecular formula is C5H4F3NO. The third-order valence-corrected chi connectivity index (χ3v) is 0.835. The molecule has 1 heterocycles. The summed E-state index contributed by atoms with van der Waals surface area (Å²) in [6, 6.07) is 0. The average molecular weight is 151 g/mol. The van der Waals surface area contributed by atoms with E-state index in [9.17, 15) is 13.2 Å². The van der Waals surface area contributed by atoms with Crippen molar-refractivity contribution < 1.29 is 17.6 Å². The number of nitrogens with zero attached hydrogens (tertiary/aromatic N) is 1. The molecule has 0 N–H and O–H groups in total. The molecule has 0 fully saturated rings. The molecule has 2 nitrogen and oxygen atoms in total. The van der Waals surface area contributed by atoms with E-state index >= 15 is 0 Å². The average Bonchev–Trinajstić information content (AvgIpc) is 2.12. The molecule has 0 atom stereocenters. The zero-order chi connectivity index (χ0) is 7.61. The van der Waals surface area contributed by atoms with Gasteiger partial charge in [-0.05, 0) is 0 Å². The Kier molecular flexibility index (Phi) is 1.65. The molecule has 1 aromatic heterocycles. The fourth-order valence-corrected chi connectivity index (χ4v) is 0.512. The van der Waals surface area contributed by atoms with Gasteiger partial charge in [0.05, 0.1) is 6.20 Å². The van der Waals surface area contributed by atoms with Crippen LogP contribution in [0.25, 0.3) is 0 Å². The minimum atomic E-state index is -4.23. The quantitative estimate of drug-likeness (QED) is 0.611. The molecule has 5 heteroatoms. The molecule has 56 valence electrons. The predicted molar refractivity (Wildman–Crippen MR) is 26.3 cm³/mol. The van der Waals surface area contributed by atoms with E-state index in [1.165, 1.54) is 6.20 Å². The smallest absolute Gasteiger partial charge is 0.397 e. The molecule has 0 aliphatic carbocycles. The molecule has 0 radical (unpaired) electrons. The van der Waals surface area contributed by atoms with Gasteiger partial charge < -0.3 is 4.42 Å². The van der Waals surface area contributed by atoms with Crippen molar-refractivity contribution in [2.24, 2.45) is 0 Å². The van der Waals surface area contributed by atoms with E-state index in [-0.39, 0.29) is 5.89 Å². The maximum Gasteiger partial charge on any atom is 0.397 e. The number of hydrogen-bond acceptors (Lipinski definition) is 2. The number of aromatic nitrogens is 1. The van der Waals surface area contributed by atoms with Gasteiger partial charge in [-0.1, -0.05) is 0 Å². The van der Waals surface area contributed by atoms with Crippen LogP contribution in [0.15, 0.2) is 16.9 Å². The van der Waals surface area contributed by atoms with Gasteiger partial charge >= 0.3 is 6.18 Å². The fourth-order valence-electron chi connectivity index (χ4n) is 0.512. The van der Waals surface area contributed by atoms with Crippen LogP contribution in [0.5, 0.6) is 0 Å². The van der Waals surface area contributed by atoms with Crippen LogP contribution in [0.4, 0.5) is 13.2 Å². The van der Waals surface area contributed by atoms with Crippen molar-refractivity contribution in [3.05, 3.63) is 18.4 Å². The molecule has 1 aromatic rings. The SMILES string of the molecule is FC(F)(F)Cc1ncco1. The molecule has 0 amide bonds. The summed E-state index contributed by atoms with van der Waals surface area (Å²) >= 11 is 0. The Bertz CT molecular complexity index is 191. The van der Waals surface area contributed by atoms with Crippen LogP contribution in [-0.2, 0) is 6.42 Å². The summed E-state index contributed by atoms with van der Waals surface area (Å²) in [4.78, 5) is 3.31. The second kappa shape index (κ2) is 2.32. The van der Waals surface area contributed by atoms with E-state index in [0.29, 0.717) is 0 Å². The lowest BCUT2D eigenvalue weighted by molar-refractivity contribution is -0.130. The Balaban J connectivity index is 2.57. The maximum absolute atomic E-state index is 11.5. The Labute approximate surface area is 54.7 Å². The summed E-state index contributed by atoms with van der Waals surface area (Å²) < 4.78 is 38.9. The number of halogens is 3. The van der Waals surface area contributed by atoms with E-state index in [2.05, 4.69) is 9.40 Å². The monoisotopic (exact) mass is 151 g/mol. The normalized spacial score (nSPS) is 11.9. The largest absolute Gasteiger partial charge is 0.449 e. The Morgan fingerprint density at radius 1 is 1.50 bits per heavy atom. The summed E-state index contributed by atoms with van der Waals surface area (Å²) in [7, 11) is 0. The molecule has 0 bridgehead atoms. The second-order valence-electron chi connectivity index (χ2n) is 1.72. The molecule has 10 heavy (non-hydrogen) atoms. The number of rotatable bonds is 1. The van der Waals surface area contributed by atoms with Crippen molar-refractivity contribution in [2.45, 2.75) is 12.6 Å². The van der Waals surface area contributed by atoms with Gasteiger partial charge in [-0.3, -0.25) is 0 Å². The molecule has 0 aliphatic rings. The molecule has 0 aliphatic heterocycles. The van der Waals surface area contributed by atoms with Gasteiger partial charge in [0.15, 0.2) is 0 Å². The van der Waals surface area contributed by atoms with Crippen LogP contribution in [0, 0.1) is 0 Å². The standard InChI is InChI=1S/C5H4F3NO/c6-5(7,8)3-4-9-1-2-10-4/h1-2H,3H2. The van der Waals surface area contributed by atoms with Crippen LogP contribution in [0.1, 0.15) is 5.89 Å². The topological polar surface area (TPSA) is 26.0 Å². The van der Waals surface area contributed by atoms with Gasteiger partial charge in [-0.15, -0.1) is 0 Å². The van der Waals surface area contributed by atoms with Crippen LogP contribution < -0.4 is 0 Å². The molecule has 0 saturated heterocycles. The van der Waals surface area contributed by atoms with E-state index in [0.717, 1.165) is 6.26 Å². The summed E-state index contributed by atoms with van der Waals surface area (Å²) in [5.41, 5.74) is 0. The van der Waals surface area contributed by atoms with Crippen molar-refractivity contribution in [1.29, 1.82) is 0 Å². The first-order valence-electron chi connectivity index (χ1n) is 2.53. The van der Waals surface area contributed by atoms with Gasteiger partial charge in [0.2, 0.25) is 5.89 Å². The van der Waals surface area contributed by atoms with Crippen molar-refractivity contribution in [2.75, 3.05) is 0 Å². The van der Waals surface area contributed by atoms with Gasteiger partial charge in [-0.25, -0.2) is 4.98 Å². The lowest BCUT2D eigenvalue weighted by atomic mass is 10.4. The number of oxazole rings is 1. The third-order valence-electron chi connectivity index (χ3n) is 0.835. The molecule has 0 unspecified atom stereocenters. The van der Waals surface area contributed by atoms with Gasteiger partial charge in [0.1, 0.15) is 12.7 Å². The molecule has 1 rings (SSSR count).